The molecule has 0 spiro atoms. The van der Waals surface area contributed by atoms with E-state index in [1.807, 2.05) is 0 Å². The van der Waals surface area contributed by atoms with Crippen molar-refractivity contribution in [2.75, 3.05) is 5.32 Å². The zero-order valence-electron chi connectivity index (χ0n) is 8.10. The molecule has 86 valence electrons. The second kappa shape index (κ2) is 3.99. The maximum atomic E-state index is 12.2. The Morgan fingerprint density at radius 1 is 1.50 bits per heavy atom. The van der Waals surface area contributed by atoms with Gasteiger partial charge in [0, 0.05) is 12.0 Å². The van der Waals surface area contributed by atoms with Crippen LogP contribution in [0.2, 0.25) is 0 Å². The highest BCUT2D eigenvalue weighted by atomic mass is 19.3. The van der Waals surface area contributed by atoms with Gasteiger partial charge in [-0.1, -0.05) is 0 Å². The van der Waals surface area contributed by atoms with Crippen LogP contribution in [0.5, 0.6) is 0 Å². The highest BCUT2D eigenvalue weighted by Gasteiger charge is 2.44. The third-order valence-electron chi connectivity index (χ3n) is 2.37. The molecule has 2 N–H and O–H groups in total. The van der Waals surface area contributed by atoms with Gasteiger partial charge in [-0.05, 0) is 6.42 Å². The van der Waals surface area contributed by atoms with E-state index in [0.29, 0.717) is 12.2 Å². The van der Waals surface area contributed by atoms with E-state index in [1.165, 1.54) is 6.20 Å². The zero-order valence-corrected chi connectivity index (χ0v) is 8.10. The Bertz CT molecular complexity index is 396. The first-order valence-electron chi connectivity index (χ1n) is 4.68. The summed E-state index contributed by atoms with van der Waals surface area (Å²) in [6, 6.07) is -0.287. The maximum absolute atomic E-state index is 12.2. The van der Waals surface area contributed by atoms with Gasteiger partial charge < -0.3 is 10.4 Å². The zero-order chi connectivity index (χ0) is 11.7. The Labute approximate surface area is 89.5 Å². The number of halogens is 2. The monoisotopic (exact) mass is 229 g/mol. The maximum Gasteiger partial charge on any atom is 0.356 e. The quantitative estimate of drug-likeness (QED) is 0.812. The molecule has 1 aromatic rings. The van der Waals surface area contributed by atoms with Gasteiger partial charge in [-0.15, -0.1) is 0 Å². The van der Waals surface area contributed by atoms with E-state index in [2.05, 4.69) is 15.3 Å². The average molecular weight is 229 g/mol. The van der Waals surface area contributed by atoms with E-state index in [-0.39, 0.29) is 11.7 Å². The van der Waals surface area contributed by atoms with Gasteiger partial charge in [-0.25, -0.2) is 23.5 Å². The fourth-order valence-electron chi connectivity index (χ4n) is 1.36. The Kier molecular flexibility index (Phi) is 2.67. The number of hydrogen-bond acceptors (Lipinski definition) is 4. The summed E-state index contributed by atoms with van der Waals surface area (Å²) in [7, 11) is 0. The molecule has 1 saturated carbocycles. The van der Waals surface area contributed by atoms with Crippen molar-refractivity contribution in [3.63, 3.8) is 0 Å². The summed E-state index contributed by atoms with van der Waals surface area (Å²) in [4.78, 5) is 17.9. The van der Waals surface area contributed by atoms with Gasteiger partial charge >= 0.3 is 5.97 Å². The Balaban J connectivity index is 1.94. The fourth-order valence-corrected chi connectivity index (χ4v) is 1.36. The van der Waals surface area contributed by atoms with E-state index in [0.717, 1.165) is 6.20 Å². The van der Waals surface area contributed by atoms with Crippen molar-refractivity contribution < 1.29 is 18.7 Å². The van der Waals surface area contributed by atoms with Crippen molar-refractivity contribution in [2.24, 2.45) is 5.92 Å². The topological polar surface area (TPSA) is 75.1 Å². The van der Waals surface area contributed by atoms with E-state index < -0.39 is 18.3 Å². The molecule has 1 heterocycles. The van der Waals surface area contributed by atoms with Gasteiger partial charge in [0.1, 0.15) is 5.82 Å². The molecule has 1 aliphatic rings. The van der Waals surface area contributed by atoms with Crippen molar-refractivity contribution >= 4 is 11.8 Å². The molecular formula is C9H9F2N3O2. The van der Waals surface area contributed by atoms with E-state index in [4.69, 9.17) is 5.11 Å². The number of aromatic nitrogens is 2. The summed E-state index contributed by atoms with van der Waals surface area (Å²) in [5.41, 5.74) is -0.174. The molecule has 0 saturated heterocycles. The highest BCUT2D eigenvalue weighted by molar-refractivity contribution is 5.84. The van der Waals surface area contributed by atoms with Crippen molar-refractivity contribution in [3.8, 4) is 0 Å². The fraction of sp³-hybridized carbons (Fsp3) is 0.444. The first-order chi connectivity index (χ1) is 7.58. The summed E-state index contributed by atoms with van der Waals surface area (Å²) >= 11 is 0. The van der Waals surface area contributed by atoms with Gasteiger partial charge in [0.05, 0.1) is 12.4 Å². The lowest BCUT2D eigenvalue weighted by Gasteiger charge is -2.03. The molecule has 0 amide bonds. The van der Waals surface area contributed by atoms with Crippen molar-refractivity contribution in [1.29, 1.82) is 0 Å². The number of carbonyl (C=O) groups is 1. The van der Waals surface area contributed by atoms with Crippen LogP contribution < -0.4 is 5.32 Å². The van der Waals surface area contributed by atoms with Crippen LogP contribution in [0.3, 0.4) is 0 Å². The minimum atomic E-state index is -2.33. The largest absolute Gasteiger partial charge is 0.476 e. The summed E-state index contributed by atoms with van der Waals surface area (Å²) in [6.45, 7) is 0. The number of anilines is 1. The van der Waals surface area contributed by atoms with Crippen molar-refractivity contribution in [3.05, 3.63) is 18.1 Å². The summed E-state index contributed by atoms with van der Waals surface area (Å²) in [5, 5.41) is 11.3. The molecule has 1 aliphatic carbocycles. The normalized spacial score (nSPS) is 23.2. The lowest BCUT2D eigenvalue weighted by Crippen LogP contribution is -2.11. The van der Waals surface area contributed by atoms with Crippen molar-refractivity contribution in [2.45, 2.75) is 18.9 Å². The molecule has 1 fully saturated rings. The SMILES string of the molecule is O=C(O)c1cnc(N[C@H]2C[C@@H]2C(F)F)cn1. The minimum absolute atomic E-state index is 0.174. The number of rotatable bonds is 4. The molecule has 2 atom stereocenters. The van der Waals surface area contributed by atoms with Crippen LogP contribution in [0.15, 0.2) is 12.4 Å². The predicted octanol–water partition coefficient (Wildman–Crippen LogP) is 1.24. The molecule has 2 rings (SSSR count). The number of carboxylic acid groups (broad SMARTS) is 1. The summed E-state index contributed by atoms with van der Waals surface area (Å²) < 4.78 is 24.4. The average Bonchev–Trinajstić information content (AvgIpc) is 2.98. The van der Waals surface area contributed by atoms with Gasteiger partial charge in [-0.3, -0.25) is 0 Å². The van der Waals surface area contributed by atoms with Crippen LogP contribution >= 0.6 is 0 Å². The van der Waals surface area contributed by atoms with Gasteiger partial charge in [0.15, 0.2) is 5.69 Å². The Morgan fingerprint density at radius 2 is 2.25 bits per heavy atom. The Hall–Kier alpha value is -1.79. The predicted molar refractivity (Wildman–Crippen MR) is 50.5 cm³/mol. The molecule has 1 aromatic heterocycles. The first-order valence-corrected chi connectivity index (χ1v) is 4.68. The van der Waals surface area contributed by atoms with Crippen LogP contribution in [0.4, 0.5) is 14.6 Å². The molecule has 0 aliphatic heterocycles. The number of alkyl halides is 2. The van der Waals surface area contributed by atoms with E-state index in [1.54, 1.807) is 0 Å². The second-order valence-corrected chi connectivity index (χ2v) is 3.58. The standard InChI is InChI=1S/C9H9F2N3O2/c10-8(11)4-1-5(4)14-7-3-12-6(2-13-7)9(15)16/h2-5,8H,1H2,(H,13,14)(H,15,16)/t4-,5-/m0/s1. The van der Waals surface area contributed by atoms with E-state index >= 15 is 0 Å². The van der Waals surface area contributed by atoms with Crippen LogP contribution in [-0.2, 0) is 0 Å². The number of hydrogen-bond donors (Lipinski definition) is 2. The third kappa shape index (κ3) is 2.23. The summed E-state index contributed by atoms with van der Waals surface area (Å²) in [5.74, 6) is -1.49. The number of nitrogens with one attached hydrogen (secondary N) is 1. The van der Waals surface area contributed by atoms with Crippen LogP contribution in [0.25, 0.3) is 0 Å². The number of aromatic carboxylic acids is 1. The molecule has 5 nitrogen and oxygen atoms in total. The molecule has 0 unspecified atom stereocenters. The summed E-state index contributed by atoms with van der Waals surface area (Å²) in [6.07, 6.45) is 0.387. The van der Waals surface area contributed by atoms with Crippen LogP contribution in [0, 0.1) is 5.92 Å². The lowest BCUT2D eigenvalue weighted by molar-refractivity contribution is 0.0690. The molecule has 7 heteroatoms. The van der Waals surface area contributed by atoms with Crippen LogP contribution in [-0.4, -0.2) is 33.5 Å². The van der Waals surface area contributed by atoms with Gasteiger partial charge in [0.2, 0.25) is 6.43 Å². The first kappa shape index (κ1) is 10.7. The highest BCUT2D eigenvalue weighted by Crippen LogP contribution is 2.37. The lowest BCUT2D eigenvalue weighted by atomic mass is 10.4. The smallest absolute Gasteiger partial charge is 0.356 e. The van der Waals surface area contributed by atoms with E-state index in [9.17, 15) is 13.6 Å². The van der Waals surface area contributed by atoms with Crippen molar-refractivity contribution in [1.82, 2.24) is 9.97 Å². The molecule has 0 radical (unpaired) electrons. The Morgan fingerprint density at radius 3 is 2.69 bits per heavy atom. The third-order valence-corrected chi connectivity index (χ3v) is 2.37. The number of nitrogens with zero attached hydrogens (tertiary/aromatic N) is 2. The minimum Gasteiger partial charge on any atom is -0.476 e. The van der Waals surface area contributed by atoms with Gasteiger partial charge in [-0.2, -0.15) is 0 Å². The molecule has 0 aromatic carbocycles. The number of carboxylic acids is 1. The second-order valence-electron chi connectivity index (χ2n) is 3.58. The molecule has 0 bridgehead atoms. The van der Waals surface area contributed by atoms with Crippen LogP contribution in [0.1, 0.15) is 16.9 Å². The van der Waals surface area contributed by atoms with Gasteiger partial charge in [0.25, 0.3) is 0 Å². The molecular weight excluding hydrogens is 220 g/mol. The molecule has 16 heavy (non-hydrogen) atoms.